The molecule has 3 aromatic rings. The molecule has 0 aliphatic heterocycles. The Labute approximate surface area is 149 Å². The number of aromatic nitrogens is 2. The van der Waals surface area contributed by atoms with Crippen LogP contribution < -0.4 is 14.2 Å². The van der Waals surface area contributed by atoms with E-state index in [1.807, 2.05) is 0 Å². The van der Waals surface area contributed by atoms with Gasteiger partial charge in [-0.25, -0.2) is 4.68 Å². The number of rotatable bonds is 6. The summed E-state index contributed by atoms with van der Waals surface area (Å²) in [6, 6.07) is 11.7. The second kappa shape index (κ2) is 7.14. The highest BCUT2D eigenvalue weighted by atomic mass is 16.6. The van der Waals surface area contributed by atoms with Crippen molar-refractivity contribution >= 4 is 5.69 Å². The van der Waals surface area contributed by atoms with E-state index in [1.165, 1.54) is 32.1 Å². The zero-order chi connectivity index (χ0) is 18.7. The summed E-state index contributed by atoms with van der Waals surface area (Å²) in [6.45, 7) is 0. The SMILES string of the molecule is COc1cc(-c2ccnn2-c2ccccc2[N+](=O)[O-])cc(OC)c1OC. The van der Waals surface area contributed by atoms with Gasteiger partial charge in [-0.3, -0.25) is 10.1 Å². The molecule has 0 aliphatic carbocycles. The molecule has 1 heterocycles. The lowest BCUT2D eigenvalue weighted by molar-refractivity contribution is -0.384. The molecule has 0 spiro atoms. The molecule has 0 atom stereocenters. The fourth-order valence-electron chi connectivity index (χ4n) is 2.74. The molecule has 0 amide bonds. The van der Waals surface area contributed by atoms with E-state index in [0.717, 1.165) is 5.56 Å². The molecule has 0 saturated heterocycles. The van der Waals surface area contributed by atoms with Crippen LogP contribution in [0.1, 0.15) is 0 Å². The predicted molar refractivity (Wildman–Crippen MR) is 95.3 cm³/mol. The third-order valence-corrected chi connectivity index (χ3v) is 3.91. The van der Waals surface area contributed by atoms with Crippen molar-refractivity contribution in [1.29, 1.82) is 0 Å². The van der Waals surface area contributed by atoms with Gasteiger partial charge < -0.3 is 14.2 Å². The summed E-state index contributed by atoms with van der Waals surface area (Å²) in [5, 5.41) is 15.6. The molecule has 2 aromatic carbocycles. The lowest BCUT2D eigenvalue weighted by Crippen LogP contribution is -2.03. The molecule has 0 fully saturated rings. The highest BCUT2D eigenvalue weighted by molar-refractivity contribution is 5.71. The number of nitrogens with zero attached hydrogens (tertiary/aromatic N) is 3. The van der Waals surface area contributed by atoms with Crippen LogP contribution in [0.4, 0.5) is 5.69 Å². The van der Waals surface area contributed by atoms with Gasteiger partial charge in [-0.15, -0.1) is 0 Å². The number of hydrogen-bond donors (Lipinski definition) is 0. The normalized spacial score (nSPS) is 10.4. The lowest BCUT2D eigenvalue weighted by Gasteiger charge is -2.15. The van der Waals surface area contributed by atoms with Crippen molar-refractivity contribution in [3.05, 3.63) is 58.8 Å². The summed E-state index contributed by atoms with van der Waals surface area (Å²) in [4.78, 5) is 10.9. The molecule has 0 N–H and O–H groups in total. The minimum Gasteiger partial charge on any atom is -0.493 e. The fraction of sp³-hybridized carbons (Fsp3) is 0.167. The van der Waals surface area contributed by atoms with Crippen molar-refractivity contribution in [2.45, 2.75) is 0 Å². The Kier molecular flexibility index (Phi) is 4.74. The van der Waals surface area contributed by atoms with Crippen LogP contribution in [0.2, 0.25) is 0 Å². The van der Waals surface area contributed by atoms with Gasteiger partial charge >= 0.3 is 0 Å². The molecule has 0 aliphatic rings. The van der Waals surface area contributed by atoms with E-state index in [9.17, 15) is 10.1 Å². The van der Waals surface area contributed by atoms with Gasteiger partial charge in [-0.1, -0.05) is 12.1 Å². The number of nitro groups is 1. The van der Waals surface area contributed by atoms with Gasteiger partial charge in [0, 0.05) is 11.6 Å². The van der Waals surface area contributed by atoms with Crippen molar-refractivity contribution in [3.63, 3.8) is 0 Å². The van der Waals surface area contributed by atoms with Gasteiger partial charge in [0.25, 0.3) is 5.69 Å². The van der Waals surface area contributed by atoms with Crippen LogP contribution in [-0.4, -0.2) is 36.0 Å². The number of ether oxygens (including phenoxy) is 3. The molecule has 26 heavy (non-hydrogen) atoms. The van der Waals surface area contributed by atoms with Gasteiger partial charge in [0.2, 0.25) is 5.75 Å². The highest BCUT2D eigenvalue weighted by Gasteiger charge is 2.20. The van der Waals surface area contributed by atoms with Crippen molar-refractivity contribution < 1.29 is 19.1 Å². The van der Waals surface area contributed by atoms with Crippen molar-refractivity contribution in [3.8, 4) is 34.2 Å². The topological polar surface area (TPSA) is 88.7 Å². The fourth-order valence-corrected chi connectivity index (χ4v) is 2.74. The molecule has 8 nitrogen and oxygen atoms in total. The van der Waals surface area contributed by atoms with E-state index < -0.39 is 4.92 Å². The molecule has 0 radical (unpaired) electrons. The van der Waals surface area contributed by atoms with Crippen molar-refractivity contribution in [1.82, 2.24) is 9.78 Å². The van der Waals surface area contributed by atoms with Crippen molar-refractivity contribution in [2.75, 3.05) is 21.3 Å². The summed E-state index contributed by atoms with van der Waals surface area (Å²) in [5.74, 6) is 1.44. The maximum atomic E-state index is 11.4. The molecule has 1 aromatic heterocycles. The Morgan fingerprint density at radius 1 is 1.00 bits per heavy atom. The first-order chi connectivity index (χ1) is 12.6. The molecule has 134 valence electrons. The second-order valence-corrected chi connectivity index (χ2v) is 5.29. The van der Waals surface area contributed by atoms with E-state index in [0.29, 0.717) is 28.6 Å². The third kappa shape index (κ3) is 2.92. The van der Waals surface area contributed by atoms with Gasteiger partial charge in [-0.2, -0.15) is 5.10 Å². The van der Waals surface area contributed by atoms with Crippen LogP contribution in [0.5, 0.6) is 17.2 Å². The van der Waals surface area contributed by atoms with Gasteiger partial charge in [0.1, 0.15) is 5.69 Å². The first kappa shape index (κ1) is 17.3. The largest absolute Gasteiger partial charge is 0.493 e. The summed E-state index contributed by atoms with van der Waals surface area (Å²) < 4.78 is 17.6. The Morgan fingerprint density at radius 2 is 1.65 bits per heavy atom. The van der Waals surface area contributed by atoms with Crippen molar-refractivity contribution in [2.24, 2.45) is 0 Å². The monoisotopic (exact) mass is 355 g/mol. The van der Waals surface area contributed by atoms with E-state index in [-0.39, 0.29) is 5.69 Å². The quantitative estimate of drug-likeness (QED) is 0.497. The summed E-state index contributed by atoms with van der Waals surface area (Å²) >= 11 is 0. The molecular weight excluding hydrogens is 338 g/mol. The van der Waals surface area contributed by atoms with E-state index in [2.05, 4.69) is 5.10 Å². The van der Waals surface area contributed by atoms with E-state index in [4.69, 9.17) is 14.2 Å². The molecule has 8 heteroatoms. The Morgan fingerprint density at radius 3 is 2.23 bits per heavy atom. The summed E-state index contributed by atoms with van der Waals surface area (Å²) in [7, 11) is 4.58. The lowest BCUT2D eigenvalue weighted by atomic mass is 10.1. The standard InChI is InChI=1S/C18H17N3O5/c1-24-16-10-12(11-17(25-2)18(16)26-3)13-8-9-19-20(13)14-6-4-5-7-15(14)21(22)23/h4-11H,1-3H3. The number of para-hydroxylation sites is 2. The first-order valence-electron chi connectivity index (χ1n) is 7.69. The smallest absolute Gasteiger partial charge is 0.294 e. The second-order valence-electron chi connectivity index (χ2n) is 5.29. The van der Waals surface area contributed by atoms with Crippen LogP contribution >= 0.6 is 0 Å². The Bertz CT molecular complexity index is 926. The average molecular weight is 355 g/mol. The summed E-state index contributed by atoms with van der Waals surface area (Å²) in [6.07, 6.45) is 1.58. The molecule has 0 saturated carbocycles. The molecule has 0 bridgehead atoms. The van der Waals surface area contributed by atoms with E-state index >= 15 is 0 Å². The number of hydrogen-bond acceptors (Lipinski definition) is 6. The van der Waals surface area contributed by atoms with Crippen LogP contribution in [0.3, 0.4) is 0 Å². The maximum Gasteiger partial charge on any atom is 0.294 e. The Hall–Kier alpha value is -3.55. The zero-order valence-electron chi connectivity index (χ0n) is 14.5. The average Bonchev–Trinajstić information content (AvgIpc) is 3.16. The first-order valence-corrected chi connectivity index (χ1v) is 7.69. The molecule has 3 rings (SSSR count). The van der Waals surface area contributed by atoms with E-state index in [1.54, 1.807) is 42.6 Å². The predicted octanol–water partition coefficient (Wildman–Crippen LogP) is 3.47. The van der Waals surface area contributed by atoms with Gasteiger partial charge in [0.05, 0.1) is 38.1 Å². The van der Waals surface area contributed by atoms with Gasteiger partial charge in [0.15, 0.2) is 11.5 Å². The summed E-state index contributed by atoms with van der Waals surface area (Å²) in [5.41, 5.74) is 1.70. The highest BCUT2D eigenvalue weighted by Crippen LogP contribution is 2.41. The van der Waals surface area contributed by atoms with Crippen LogP contribution in [0, 0.1) is 10.1 Å². The van der Waals surface area contributed by atoms with Gasteiger partial charge in [-0.05, 0) is 24.3 Å². The zero-order valence-corrected chi connectivity index (χ0v) is 14.5. The number of benzene rings is 2. The Balaban J connectivity index is 2.20. The minimum atomic E-state index is -0.435. The minimum absolute atomic E-state index is 0.0371. The number of nitro benzene ring substituents is 1. The number of methoxy groups -OCH3 is 3. The molecule has 0 unspecified atom stereocenters. The van der Waals surface area contributed by atoms with Crippen LogP contribution in [-0.2, 0) is 0 Å². The van der Waals surface area contributed by atoms with Crippen LogP contribution in [0.15, 0.2) is 48.7 Å². The third-order valence-electron chi connectivity index (χ3n) is 3.91. The van der Waals surface area contributed by atoms with Crippen LogP contribution in [0.25, 0.3) is 16.9 Å². The maximum absolute atomic E-state index is 11.4. The molecular formula is C18H17N3O5.